The van der Waals surface area contributed by atoms with Crippen molar-refractivity contribution in [2.24, 2.45) is 0 Å². The Morgan fingerprint density at radius 1 is 1.00 bits per heavy atom. The molecule has 0 N–H and O–H groups in total. The highest BCUT2D eigenvalue weighted by Crippen LogP contribution is 2.28. The fourth-order valence-corrected chi connectivity index (χ4v) is 2.63. The van der Waals surface area contributed by atoms with E-state index in [1.165, 1.54) is 12.1 Å². The Bertz CT molecular complexity index is 1040. The maximum atomic E-state index is 14.3. The van der Waals surface area contributed by atoms with Crippen molar-refractivity contribution in [3.63, 3.8) is 0 Å². The quantitative estimate of drug-likeness (QED) is 0.394. The van der Waals surface area contributed by atoms with Gasteiger partial charge in [0.05, 0.1) is 6.42 Å². The number of hydrogen-bond donors (Lipinski definition) is 0. The molecule has 0 atom stereocenters. The monoisotopic (exact) mass is 347 g/mol. The number of carbonyl (C=O) groups excluding carboxylic acids is 1. The Labute approximate surface area is 148 Å². The van der Waals surface area contributed by atoms with Crippen LogP contribution in [0.3, 0.4) is 0 Å². The highest BCUT2D eigenvalue weighted by atomic mass is 19.1. The molecule has 0 aliphatic carbocycles. The van der Waals surface area contributed by atoms with Crippen molar-refractivity contribution in [3.05, 3.63) is 84.2 Å². The Morgan fingerprint density at radius 3 is 2.54 bits per heavy atom. The average Bonchev–Trinajstić information content (AvgIpc) is 3.08. The van der Waals surface area contributed by atoms with Crippen LogP contribution in [0.15, 0.2) is 77.2 Å². The molecule has 0 amide bonds. The van der Waals surface area contributed by atoms with Crippen LogP contribution in [-0.2, 0) is 11.2 Å². The minimum atomic E-state index is -0.647. The summed E-state index contributed by atoms with van der Waals surface area (Å²) in [6, 6.07) is 20.7. The molecule has 4 aromatic rings. The summed E-state index contributed by atoms with van der Waals surface area (Å²) in [7, 11) is 0. The van der Waals surface area contributed by atoms with Gasteiger partial charge in [0.1, 0.15) is 5.52 Å². The maximum absolute atomic E-state index is 14.3. The Morgan fingerprint density at radius 2 is 1.77 bits per heavy atom. The molecule has 5 heteroatoms. The second-order valence-electron chi connectivity index (χ2n) is 5.77. The number of oxazole rings is 1. The molecular formula is C21H14FNO3. The van der Waals surface area contributed by atoms with Crippen LogP contribution in [-0.4, -0.2) is 11.0 Å². The van der Waals surface area contributed by atoms with Crippen LogP contribution in [0.5, 0.6) is 5.75 Å². The van der Waals surface area contributed by atoms with Gasteiger partial charge in [0.25, 0.3) is 0 Å². The number of nitrogens with zero attached hydrogens (tertiary/aromatic N) is 1. The molecule has 4 rings (SSSR count). The molecule has 0 saturated heterocycles. The zero-order valence-electron chi connectivity index (χ0n) is 13.7. The summed E-state index contributed by atoms with van der Waals surface area (Å²) in [5.41, 5.74) is 2.60. The van der Waals surface area contributed by atoms with E-state index in [0.717, 1.165) is 5.56 Å². The standard InChI is InChI=1S/C21H14FNO3/c22-16-13-15(21-23-17-8-4-5-9-19(17)26-21)10-11-18(16)25-20(24)12-14-6-2-1-3-7-14/h1-11,13H,12H2. The lowest BCUT2D eigenvalue weighted by Gasteiger charge is -2.06. The number of ether oxygens (including phenoxy) is 1. The largest absolute Gasteiger partial charge is 0.436 e. The van der Waals surface area contributed by atoms with Crippen molar-refractivity contribution >= 4 is 17.1 Å². The van der Waals surface area contributed by atoms with E-state index in [1.807, 2.05) is 48.5 Å². The zero-order chi connectivity index (χ0) is 17.9. The van der Waals surface area contributed by atoms with Crippen molar-refractivity contribution in [2.75, 3.05) is 0 Å². The highest BCUT2D eigenvalue weighted by Gasteiger charge is 2.14. The molecule has 1 heterocycles. The summed E-state index contributed by atoms with van der Waals surface area (Å²) in [5, 5.41) is 0. The van der Waals surface area contributed by atoms with Gasteiger partial charge in [-0.1, -0.05) is 42.5 Å². The van der Waals surface area contributed by atoms with Gasteiger partial charge in [-0.15, -0.1) is 0 Å². The lowest BCUT2D eigenvalue weighted by Crippen LogP contribution is -2.12. The van der Waals surface area contributed by atoms with Crippen molar-refractivity contribution in [1.29, 1.82) is 0 Å². The predicted octanol–water partition coefficient (Wildman–Crippen LogP) is 4.78. The molecule has 0 bridgehead atoms. The third-order valence-corrected chi connectivity index (χ3v) is 3.89. The van der Waals surface area contributed by atoms with Crippen LogP contribution in [0.25, 0.3) is 22.6 Å². The van der Waals surface area contributed by atoms with Crippen molar-refractivity contribution in [3.8, 4) is 17.2 Å². The van der Waals surface area contributed by atoms with E-state index < -0.39 is 11.8 Å². The van der Waals surface area contributed by atoms with Gasteiger partial charge in [-0.05, 0) is 35.9 Å². The minimum absolute atomic E-state index is 0.0765. The number of benzene rings is 3. The first kappa shape index (κ1) is 16.0. The van der Waals surface area contributed by atoms with E-state index in [9.17, 15) is 9.18 Å². The minimum Gasteiger partial charge on any atom is -0.436 e. The van der Waals surface area contributed by atoms with Crippen molar-refractivity contribution in [1.82, 2.24) is 4.98 Å². The average molecular weight is 347 g/mol. The topological polar surface area (TPSA) is 52.3 Å². The second kappa shape index (κ2) is 6.80. The van der Waals surface area contributed by atoms with Crippen LogP contribution in [0.4, 0.5) is 4.39 Å². The maximum Gasteiger partial charge on any atom is 0.315 e. The summed E-state index contributed by atoms with van der Waals surface area (Å²) in [6.45, 7) is 0. The van der Waals surface area contributed by atoms with Crippen LogP contribution in [0, 0.1) is 5.82 Å². The summed E-state index contributed by atoms with van der Waals surface area (Å²) in [4.78, 5) is 16.3. The van der Waals surface area contributed by atoms with Gasteiger partial charge in [0.2, 0.25) is 5.89 Å². The first-order valence-electron chi connectivity index (χ1n) is 8.09. The molecule has 0 aliphatic rings. The van der Waals surface area contributed by atoms with Crippen LogP contribution >= 0.6 is 0 Å². The molecule has 4 nitrogen and oxygen atoms in total. The van der Waals surface area contributed by atoms with Crippen molar-refractivity contribution < 1.29 is 18.3 Å². The summed E-state index contributed by atoms with van der Waals surface area (Å²) < 4.78 is 25.1. The van der Waals surface area contributed by atoms with Gasteiger partial charge in [-0.25, -0.2) is 9.37 Å². The number of rotatable bonds is 4. The SMILES string of the molecule is O=C(Cc1ccccc1)Oc1ccc(-c2nc3ccccc3o2)cc1F. The van der Waals surface area contributed by atoms with E-state index in [2.05, 4.69) is 4.98 Å². The molecule has 128 valence electrons. The zero-order valence-corrected chi connectivity index (χ0v) is 13.7. The summed E-state index contributed by atoms with van der Waals surface area (Å²) in [5.74, 6) is -0.978. The summed E-state index contributed by atoms with van der Waals surface area (Å²) in [6.07, 6.45) is 0.0765. The van der Waals surface area contributed by atoms with Crippen LogP contribution in [0.2, 0.25) is 0 Å². The van der Waals surface area contributed by atoms with Gasteiger partial charge in [0.15, 0.2) is 17.1 Å². The molecule has 1 aromatic heterocycles. The van der Waals surface area contributed by atoms with Gasteiger partial charge >= 0.3 is 5.97 Å². The highest BCUT2D eigenvalue weighted by molar-refractivity contribution is 5.77. The summed E-state index contributed by atoms with van der Waals surface area (Å²) >= 11 is 0. The van der Waals surface area contributed by atoms with Crippen LogP contribution < -0.4 is 4.74 Å². The number of fused-ring (bicyclic) bond motifs is 1. The van der Waals surface area contributed by atoms with Gasteiger partial charge in [0, 0.05) is 5.56 Å². The van der Waals surface area contributed by atoms with Gasteiger partial charge in [-0.3, -0.25) is 4.79 Å². The number of halogens is 1. The van der Waals surface area contributed by atoms with E-state index in [-0.39, 0.29) is 12.2 Å². The van der Waals surface area contributed by atoms with Crippen molar-refractivity contribution in [2.45, 2.75) is 6.42 Å². The fraction of sp³-hybridized carbons (Fsp3) is 0.0476. The smallest absolute Gasteiger partial charge is 0.315 e. The first-order valence-corrected chi connectivity index (χ1v) is 8.09. The number of aromatic nitrogens is 1. The molecule has 0 fully saturated rings. The van der Waals surface area contributed by atoms with E-state index >= 15 is 0 Å². The number of carbonyl (C=O) groups is 1. The normalized spacial score (nSPS) is 10.8. The van der Waals surface area contributed by atoms with Crippen LogP contribution in [0.1, 0.15) is 5.56 Å². The Balaban J connectivity index is 1.53. The molecule has 0 saturated carbocycles. The van der Waals surface area contributed by atoms with E-state index in [4.69, 9.17) is 9.15 Å². The molecule has 0 aliphatic heterocycles. The third-order valence-electron chi connectivity index (χ3n) is 3.89. The number of esters is 1. The first-order chi connectivity index (χ1) is 12.7. The molecular weight excluding hydrogens is 333 g/mol. The Hall–Kier alpha value is -3.47. The molecule has 26 heavy (non-hydrogen) atoms. The molecule has 3 aromatic carbocycles. The third kappa shape index (κ3) is 3.32. The van der Waals surface area contributed by atoms with E-state index in [0.29, 0.717) is 22.6 Å². The Kier molecular flexibility index (Phi) is 4.19. The molecule has 0 radical (unpaired) electrons. The van der Waals surface area contributed by atoms with E-state index in [1.54, 1.807) is 12.1 Å². The predicted molar refractivity (Wildman–Crippen MR) is 95.2 cm³/mol. The van der Waals surface area contributed by atoms with Gasteiger partial charge < -0.3 is 9.15 Å². The molecule has 0 unspecified atom stereocenters. The number of hydrogen-bond acceptors (Lipinski definition) is 4. The second-order valence-corrected chi connectivity index (χ2v) is 5.77. The fourth-order valence-electron chi connectivity index (χ4n) is 2.63. The molecule has 0 spiro atoms. The lowest BCUT2D eigenvalue weighted by molar-refractivity contribution is -0.133. The number of para-hydroxylation sites is 2. The lowest BCUT2D eigenvalue weighted by atomic mass is 10.1. The van der Waals surface area contributed by atoms with Gasteiger partial charge in [-0.2, -0.15) is 0 Å².